The molecule has 1 aromatic heterocycles. The smallest absolute Gasteiger partial charge is 0.267 e. The molecule has 2 atom stereocenters. The van der Waals surface area contributed by atoms with Crippen molar-refractivity contribution in [2.45, 2.75) is 18.6 Å². The molecule has 5 heteroatoms. The minimum atomic E-state index is -1.12. The molecule has 24 heavy (non-hydrogen) atoms. The Labute approximate surface area is 140 Å². The monoisotopic (exact) mass is 325 g/mol. The summed E-state index contributed by atoms with van der Waals surface area (Å²) in [6, 6.07) is 8.80. The van der Waals surface area contributed by atoms with Gasteiger partial charge in [0.15, 0.2) is 5.60 Å². The summed E-state index contributed by atoms with van der Waals surface area (Å²) >= 11 is 0. The number of benzene rings is 1. The van der Waals surface area contributed by atoms with Gasteiger partial charge in [-0.1, -0.05) is 6.58 Å². The summed E-state index contributed by atoms with van der Waals surface area (Å²) < 4.78 is 16.1. The third kappa shape index (κ3) is 2.10. The fraction of sp³-hybridized carbons (Fsp3) is 0.263. The van der Waals surface area contributed by atoms with Crippen molar-refractivity contribution >= 4 is 11.6 Å². The van der Waals surface area contributed by atoms with Crippen LogP contribution in [0.25, 0.3) is 0 Å². The Balaban J connectivity index is 2.09. The number of hydrogen-bond donors (Lipinski definition) is 0. The highest BCUT2D eigenvalue weighted by Crippen LogP contribution is 2.51. The zero-order chi connectivity index (χ0) is 17.3. The number of carbonyl (C=O) groups is 1. The molecular weight excluding hydrogens is 306 g/mol. The minimum Gasteiger partial charge on any atom is -0.497 e. The Kier molecular flexibility index (Phi) is 4.06. The van der Waals surface area contributed by atoms with Gasteiger partial charge in [-0.3, -0.25) is 9.69 Å². The van der Waals surface area contributed by atoms with Gasteiger partial charge < -0.3 is 13.9 Å². The lowest BCUT2D eigenvalue weighted by molar-refractivity contribution is -0.152. The maximum Gasteiger partial charge on any atom is 0.267 e. The summed E-state index contributed by atoms with van der Waals surface area (Å²) in [5.41, 5.74) is 3.95. The Morgan fingerprint density at radius 2 is 2.00 bits per heavy atom. The maximum atomic E-state index is 13.0. The van der Waals surface area contributed by atoms with E-state index in [1.807, 2.05) is 30.3 Å². The first-order valence-corrected chi connectivity index (χ1v) is 7.52. The lowest BCUT2D eigenvalue weighted by atomic mass is 9.73. The number of anilines is 1. The number of rotatable bonds is 5. The molecule has 0 unspecified atom stereocenters. The molecule has 0 radical (unpaired) electrons. The summed E-state index contributed by atoms with van der Waals surface area (Å²) in [5.74, 6) is 0.571. The van der Waals surface area contributed by atoms with Gasteiger partial charge in [0.05, 0.1) is 19.6 Å². The topological polar surface area (TPSA) is 51.9 Å². The van der Waals surface area contributed by atoms with Crippen LogP contribution in [0.2, 0.25) is 0 Å². The first-order chi connectivity index (χ1) is 11.6. The molecule has 0 N–H and O–H groups in total. The molecule has 2 aromatic rings. The van der Waals surface area contributed by atoms with Crippen LogP contribution in [0.4, 0.5) is 5.69 Å². The van der Waals surface area contributed by atoms with E-state index in [1.54, 1.807) is 31.5 Å². The van der Waals surface area contributed by atoms with Crippen LogP contribution >= 0.6 is 0 Å². The van der Waals surface area contributed by atoms with E-state index in [-0.39, 0.29) is 11.9 Å². The molecule has 1 aliphatic heterocycles. The van der Waals surface area contributed by atoms with Crippen molar-refractivity contribution in [3.63, 3.8) is 0 Å². The van der Waals surface area contributed by atoms with E-state index in [2.05, 4.69) is 12.3 Å². The van der Waals surface area contributed by atoms with Gasteiger partial charge in [0, 0.05) is 23.9 Å². The summed E-state index contributed by atoms with van der Waals surface area (Å²) in [6.07, 6.45) is 3.20. The summed E-state index contributed by atoms with van der Waals surface area (Å²) in [4.78, 5) is 14.7. The molecule has 0 bridgehead atoms. The zero-order valence-electron chi connectivity index (χ0n) is 13.9. The first-order valence-electron chi connectivity index (χ1n) is 7.52. The molecule has 0 aliphatic carbocycles. The lowest BCUT2D eigenvalue weighted by Gasteiger charge is -2.54. The van der Waals surface area contributed by atoms with Gasteiger partial charge in [-0.15, -0.1) is 5.73 Å². The zero-order valence-corrected chi connectivity index (χ0v) is 13.9. The van der Waals surface area contributed by atoms with E-state index in [0.29, 0.717) is 5.57 Å². The van der Waals surface area contributed by atoms with Gasteiger partial charge in [-0.05, 0) is 37.3 Å². The van der Waals surface area contributed by atoms with Crippen molar-refractivity contribution in [3.05, 3.63) is 66.3 Å². The van der Waals surface area contributed by atoms with E-state index < -0.39 is 5.60 Å². The lowest BCUT2D eigenvalue weighted by Crippen LogP contribution is -2.70. The highest BCUT2D eigenvalue weighted by molar-refractivity contribution is 6.10. The molecule has 1 fully saturated rings. The van der Waals surface area contributed by atoms with Crippen molar-refractivity contribution in [3.8, 4) is 5.75 Å². The first kappa shape index (κ1) is 16.1. The van der Waals surface area contributed by atoms with Gasteiger partial charge in [0.2, 0.25) is 0 Å². The second-order valence-corrected chi connectivity index (χ2v) is 5.57. The SMILES string of the molecule is C=C=C(C)[C@]1(OC)C(=O)N(c2ccc(OC)cc2)[C@H]1c1ccoc1. The Bertz CT molecular complexity index is 787. The largest absolute Gasteiger partial charge is 0.497 e. The summed E-state index contributed by atoms with van der Waals surface area (Å²) in [7, 11) is 3.13. The predicted octanol–water partition coefficient (Wildman–Crippen LogP) is 3.49. The number of β-lactam (4-membered cyclic amide) rings is 1. The molecule has 1 aliphatic rings. The molecule has 5 nitrogen and oxygen atoms in total. The number of methoxy groups -OCH3 is 2. The average Bonchev–Trinajstić information content (AvgIpc) is 3.14. The van der Waals surface area contributed by atoms with E-state index >= 15 is 0 Å². The molecule has 1 saturated heterocycles. The highest BCUT2D eigenvalue weighted by atomic mass is 16.5. The van der Waals surface area contributed by atoms with Gasteiger partial charge in [-0.2, -0.15) is 0 Å². The highest BCUT2D eigenvalue weighted by Gasteiger charge is 2.64. The van der Waals surface area contributed by atoms with E-state index in [0.717, 1.165) is 17.0 Å². The molecule has 3 rings (SSSR count). The van der Waals surface area contributed by atoms with Crippen LogP contribution in [0.15, 0.2) is 65.2 Å². The molecular formula is C19H19NO4. The second kappa shape index (κ2) is 6.04. The van der Waals surface area contributed by atoms with Crippen molar-refractivity contribution in [2.24, 2.45) is 0 Å². The van der Waals surface area contributed by atoms with Gasteiger partial charge >= 0.3 is 0 Å². The fourth-order valence-electron chi connectivity index (χ4n) is 3.20. The van der Waals surface area contributed by atoms with E-state index in [1.165, 1.54) is 7.11 Å². The number of ether oxygens (including phenoxy) is 2. The number of hydrogen-bond acceptors (Lipinski definition) is 4. The molecule has 0 saturated carbocycles. The van der Waals surface area contributed by atoms with E-state index in [4.69, 9.17) is 13.9 Å². The summed E-state index contributed by atoms with van der Waals surface area (Å²) in [6.45, 7) is 5.47. The number of nitrogens with zero attached hydrogens (tertiary/aromatic N) is 1. The Morgan fingerprint density at radius 1 is 1.29 bits per heavy atom. The van der Waals surface area contributed by atoms with Crippen LogP contribution in [0.1, 0.15) is 18.5 Å². The molecule has 2 heterocycles. The molecule has 124 valence electrons. The van der Waals surface area contributed by atoms with Crippen LogP contribution in [0, 0.1) is 0 Å². The minimum absolute atomic E-state index is 0.157. The van der Waals surface area contributed by atoms with E-state index in [9.17, 15) is 4.79 Å². The van der Waals surface area contributed by atoms with Crippen molar-refractivity contribution in [1.82, 2.24) is 0 Å². The van der Waals surface area contributed by atoms with Crippen molar-refractivity contribution in [1.29, 1.82) is 0 Å². The second-order valence-electron chi connectivity index (χ2n) is 5.57. The predicted molar refractivity (Wildman–Crippen MR) is 90.0 cm³/mol. The Morgan fingerprint density at radius 3 is 2.50 bits per heavy atom. The van der Waals surface area contributed by atoms with Crippen LogP contribution in [0.5, 0.6) is 5.75 Å². The van der Waals surface area contributed by atoms with Crippen molar-refractivity contribution in [2.75, 3.05) is 19.1 Å². The van der Waals surface area contributed by atoms with Crippen LogP contribution < -0.4 is 9.64 Å². The third-order valence-corrected chi connectivity index (χ3v) is 4.53. The van der Waals surface area contributed by atoms with Gasteiger partial charge in [-0.25, -0.2) is 0 Å². The standard InChI is InChI=1S/C19H19NO4/c1-5-13(2)19(23-4)17(14-10-11-24-12-14)20(18(19)21)15-6-8-16(22-3)9-7-15/h6-12,17H,1H2,2-4H3/t17-,19+/m0/s1. The fourth-order valence-corrected chi connectivity index (χ4v) is 3.20. The number of carbonyl (C=O) groups excluding carboxylic acids is 1. The maximum absolute atomic E-state index is 13.0. The normalized spacial score (nSPS) is 22.7. The van der Waals surface area contributed by atoms with Crippen LogP contribution in [-0.2, 0) is 9.53 Å². The van der Waals surface area contributed by atoms with Crippen LogP contribution in [-0.4, -0.2) is 25.7 Å². The van der Waals surface area contributed by atoms with Crippen molar-refractivity contribution < 1.29 is 18.7 Å². The van der Waals surface area contributed by atoms with Gasteiger partial charge in [0.1, 0.15) is 11.8 Å². The average molecular weight is 325 g/mol. The molecule has 0 spiro atoms. The number of amides is 1. The summed E-state index contributed by atoms with van der Waals surface area (Å²) in [5, 5.41) is 0. The molecule has 1 amide bonds. The third-order valence-electron chi connectivity index (χ3n) is 4.53. The molecule has 1 aromatic carbocycles. The number of furan rings is 1. The Hall–Kier alpha value is -2.75. The quantitative estimate of drug-likeness (QED) is 0.624. The van der Waals surface area contributed by atoms with Crippen LogP contribution in [0.3, 0.4) is 0 Å². The van der Waals surface area contributed by atoms with Gasteiger partial charge in [0.25, 0.3) is 5.91 Å².